The van der Waals surface area contributed by atoms with Gasteiger partial charge in [0, 0.05) is 30.6 Å². The van der Waals surface area contributed by atoms with E-state index in [-0.39, 0.29) is 18.4 Å². The molecule has 1 saturated heterocycles. The quantitative estimate of drug-likeness (QED) is 0.221. The van der Waals surface area contributed by atoms with Crippen LogP contribution in [0.25, 0.3) is 0 Å². The van der Waals surface area contributed by atoms with Crippen LogP contribution in [-0.4, -0.2) is 44.9 Å². The fourth-order valence-electron chi connectivity index (χ4n) is 3.44. The molecule has 0 saturated carbocycles. The second-order valence-electron chi connectivity index (χ2n) is 8.73. The molecule has 40 heavy (non-hydrogen) atoms. The molecule has 212 valence electrons. The van der Waals surface area contributed by atoms with Crippen LogP contribution in [0.5, 0.6) is 17.2 Å². The summed E-state index contributed by atoms with van der Waals surface area (Å²) in [5, 5.41) is 5.48. The third kappa shape index (κ3) is 10.2. The number of nitrogens with two attached hydrogens (primary N) is 1. The summed E-state index contributed by atoms with van der Waals surface area (Å²) in [5.74, 6) is 1.31. The van der Waals surface area contributed by atoms with Crippen molar-refractivity contribution in [3.05, 3.63) is 96.4 Å². The summed E-state index contributed by atoms with van der Waals surface area (Å²) in [7, 11) is 3.08. The number of anilines is 1. The molecule has 4 N–H and O–H groups in total. The Labute approximate surface area is 236 Å². The minimum Gasteiger partial charge on any atom is -0.495 e. The molecule has 0 radical (unpaired) electrons. The van der Waals surface area contributed by atoms with Gasteiger partial charge in [-0.2, -0.15) is 0 Å². The molecule has 9 nitrogen and oxygen atoms in total. The zero-order chi connectivity index (χ0) is 29.5. The van der Waals surface area contributed by atoms with E-state index in [4.69, 9.17) is 19.9 Å². The third-order valence-electron chi connectivity index (χ3n) is 5.76. The number of aliphatic imine (C=N–C) groups is 1. The zero-order valence-electron chi connectivity index (χ0n) is 23.6. The lowest BCUT2D eigenvalue weighted by atomic mass is 10.1. The van der Waals surface area contributed by atoms with Gasteiger partial charge in [-0.1, -0.05) is 36.9 Å². The van der Waals surface area contributed by atoms with E-state index >= 15 is 0 Å². The lowest BCUT2D eigenvalue weighted by Crippen LogP contribution is -2.29. The highest BCUT2D eigenvalue weighted by molar-refractivity contribution is 5.99. The summed E-state index contributed by atoms with van der Waals surface area (Å²) in [6, 6.07) is 12.5. The highest BCUT2D eigenvalue weighted by Crippen LogP contribution is 2.29. The largest absolute Gasteiger partial charge is 0.495 e. The maximum Gasteiger partial charge on any atom is 0.262 e. The molecule has 1 heterocycles. The van der Waals surface area contributed by atoms with Gasteiger partial charge in [-0.15, -0.1) is 0 Å². The Bertz CT molecular complexity index is 1300. The van der Waals surface area contributed by atoms with Crippen molar-refractivity contribution in [2.24, 2.45) is 10.7 Å². The van der Waals surface area contributed by atoms with Crippen LogP contribution in [0.15, 0.2) is 95.8 Å². The van der Waals surface area contributed by atoms with Crippen molar-refractivity contribution >= 4 is 23.2 Å². The zero-order valence-corrected chi connectivity index (χ0v) is 23.6. The van der Waals surface area contributed by atoms with Crippen LogP contribution >= 0.6 is 0 Å². The van der Waals surface area contributed by atoms with E-state index in [0.29, 0.717) is 40.6 Å². The lowest BCUT2D eigenvalue weighted by molar-refractivity contribution is -0.121. The van der Waals surface area contributed by atoms with Crippen molar-refractivity contribution < 1.29 is 23.8 Å². The number of allylic oxidation sites excluding steroid dienone is 2. The van der Waals surface area contributed by atoms with E-state index in [0.717, 1.165) is 29.8 Å². The molecule has 1 aliphatic rings. The molecule has 0 aromatic heterocycles. The van der Waals surface area contributed by atoms with Crippen molar-refractivity contribution in [1.82, 2.24) is 5.32 Å². The summed E-state index contributed by atoms with van der Waals surface area (Å²) in [5.41, 5.74) is 10.3. The number of ether oxygens (including phenoxy) is 3. The molecule has 0 unspecified atom stereocenters. The van der Waals surface area contributed by atoms with Gasteiger partial charge in [-0.25, -0.2) is 0 Å². The lowest BCUT2D eigenvalue weighted by Gasteiger charge is -2.13. The SMILES string of the molecule is C=C(/C=C\N=C(C)c1ccc(OCC(=O)Nc2ccccc2OC)c(OC)c1)/C(N)=C/C.C=C1CCNC(=O)C1. The molecule has 0 spiro atoms. The normalized spacial score (nSPS) is 13.6. The number of rotatable bonds is 10. The molecule has 1 fully saturated rings. The number of carbonyl (C=O) groups is 2. The number of hydrogen-bond acceptors (Lipinski definition) is 7. The fourth-order valence-corrected chi connectivity index (χ4v) is 3.44. The Morgan fingerprint density at radius 3 is 2.50 bits per heavy atom. The van der Waals surface area contributed by atoms with Gasteiger partial charge in [0.05, 0.1) is 19.9 Å². The average molecular weight is 547 g/mol. The van der Waals surface area contributed by atoms with Crippen molar-refractivity contribution in [1.29, 1.82) is 0 Å². The van der Waals surface area contributed by atoms with Gasteiger partial charge in [0.2, 0.25) is 5.91 Å². The van der Waals surface area contributed by atoms with Crippen LogP contribution in [0.4, 0.5) is 5.69 Å². The van der Waals surface area contributed by atoms with Crippen LogP contribution in [0.3, 0.4) is 0 Å². The first-order chi connectivity index (χ1) is 19.2. The van der Waals surface area contributed by atoms with Gasteiger partial charge in [-0.3, -0.25) is 14.6 Å². The van der Waals surface area contributed by atoms with Gasteiger partial charge < -0.3 is 30.6 Å². The molecule has 0 atom stereocenters. The van der Waals surface area contributed by atoms with Crippen molar-refractivity contribution in [3.63, 3.8) is 0 Å². The van der Waals surface area contributed by atoms with Crippen molar-refractivity contribution in [2.75, 3.05) is 32.7 Å². The number of piperidine rings is 1. The highest BCUT2D eigenvalue weighted by atomic mass is 16.5. The second kappa shape index (κ2) is 16.2. The average Bonchev–Trinajstić information content (AvgIpc) is 2.95. The molecule has 0 bridgehead atoms. The highest BCUT2D eigenvalue weighted by Gasteiger charge is 2.12. The van der Waals surface area contributed by atoms with Crippen LogP contribution < -0.4 is 30.6 Å². The molecule has 0 aliphatic carbocycles. The van der Waals surface area contributed by atoms with Crippen LogP contribution in [0, 0.1) is 0 Å². The predicted octanol–water partition coefficient (Wildman–Crippen LogP) is 4.92. The van der Waals surface area contributed by atoms with E-state index in [2.05, 4.69) is 28.8 Å². The Balaban J connectivity index is 0.000000598. The van der Waals surface area contributed by atoms with Gasteiger partial charge in [-0.05, 0) is 67.8 Å². The molecule has 2 aromatic rings. The smallest absolute Gasteiger partial charge is 0.262 e. The van der Waals surface area contributed by atoms with Crippen molar-refractivity contribution in [3.8, 4) is 17.2 Å². The molecule has 2 amide bonds. The third-order valence-corrected chi connectivity index (χ3v) is 5.76. The first-order valence-corrected chi connectivity index (χ1v) is 12.7. The van der Waals surface area contributed by atoms with E-state index in [1.165, 1.54) is 7.11 Å². The maximum absolute atomic E-state index is 12.3. The Morgan fingerprint density at radius 1 is 1.15 bits per heavy atom. The topological polar surface area (TPSA) is 124 Å². The monoisotopic (exact) mass is 546 g/mol. The number of benzene rings is 2. The van der Waals surface area contributed by atoms with E-state index in [1.807, 2.05) is 32.0 Å². The van der Waals surface area contributed by atoms with Gasteiger partial charge in [0.15, 0.2) is 18.1 Å². The molecule has 2 aromatic carbocycles. The van der Waals surface area contributed by atoms with Crippen molar-refractivity contribution in [2.45, 2.75) is 26.7 Å². The molecular formula is C31H38N4O5. The number of nitrogens with one attached hydrogen (secondary N) is 2. The van der Waals surface area contributed by atoms with Gasteiger partial charge in [0.25, 0.3) is 5.91 Å². The molecule has 1 aliphatic heterocycles. The number of para-hydroxylation sites is 2. The van der Waals surface area contributed by atoms with Crippen LogP contribution in [0.2, 0.25) is 0 Å². The fraction of sp³-hybridized carbons (Fsp3) is 0.258. The summed E-state index contributed by atoms with van der Waals surface area (Å²) in [6.45, 7) is 11.9. The Kier molecular flexibility index (Phi) is 12.8. The summed E-state index contributed by atoms with van der Waals surface area (Å²) in [6.07, 6.45) is 6.65. The second-order valence-corrected chi connectivity index (χ2v) is 8.73. The summed E-state index contributed by atoms with van der Waals surface area (Å²) in [4.78, 5) is 27.2. The van der Waals surface area contributed by atoms with E-state index < -0.39 is 0 Å². The molecule has 9 heteroatoms. The van der Waals surface area contributed by atoms with Crippen LogP contribution in [-0.2, 0) is 9.59 Å². The Hall–Kier alpha value is -4.79. The van der Waals surface area contributed by atoms with Crippen LogP contribution in [0.1, 0.15) is 32.3 Å². The molecular weight excluding hydrogens is 508 g/mol. The maximum atomic E-state index is 12.3. The minimum atomic E-state index is -0.316. The standard InChI is InChI=1S/C25H29N3O4.C6H9NO/c1-6-20(26)17(2)13-14-27-18(3)19-11-12-23(24(15-19)31-5)32-16-25(29)28-21-9-7-8-10-22(21)30-4;1-5-2-3-7-6(8)4-5/h6-15H,2,16,26H2,1,3-5H3,(H,28,29);1-4H2,(H,7,8)/b14-13-,20-6-,27-18?;. The predicted molar refractivity (Wildman–Crippen MR) is 160 cm³/mol. The van der Waals surface area contributed by atoms with Gasteiger partial charge in [0.1, 0.15) is 5.75 Å². The number of carbonyl (C=O) groups excluding carboxylic acids is 2. The number of amides is 2. The number of nitrogens with zero attached hydrogens (tertiary/aromatic N) is 1. The van der Waals surface area contributed by atoms with E-state index in [1.54, 1.807) is 49.7 Å². The number of hydrogen-bond donors (Lipinski definition) is 3. The first-order valence-electron chi connectivity index (χ1n) is 12.7. The molecule has 3 rings (SSSR count). The summed E-state index contributed by atoms with van der Waals surface area (Å²) < 4.78 is 16.3. The number of methoxy groups -OCH3 is 2. The first kappa shape index (κ1) is 31.4. The Morgan fingerprint density at radius 2 is 1.88 bits per heavy atom. The summed E-state index contributed by atoms with van der Waals surface area (Å²) >= 11 is 0. The minimum absolute atomic E-state index is 0.112. The van der Waals surface area contributed by atoms with Gasteiger partial charge >= 0.3 is 0 Å². The van der Waals surface area contributed by atoms with E-state index in [9.17, 15) is 9.59 Å².